The number of aromatic nitrogens is 1. The summed E-state index contributed by atoms with van der Waals surface area (Å²) < 4.78 is 0. The van der Waals surface area contributed by atoms with Crippen molar-refractivity contribution in [2.45, 2.75) is 19.1 Å². The van der Waals surface area contributed by atoms with Crippen LogP contribution in [0.1, 0.15) is 16.1 Å². The van der Waals surface area contributed by atoms with Crippen molar-refractivity contribution in [3.05, 3.63) is 23.4 Å². The van der Waals surface area contributed by atoms with E-state index in [-0.39, 0.29) is 24.8 Å². The lowest BCUT2D eigenvalue weighted by Gasteiger charge is -2.15. The van der Waals surface area contributed by atoms with Crippen molar-refractivity contribution >= 4 is 11.7 Å². The highest BCUT2D eigenvalue weighted by Gasteiger charge is 2.33. The van der Waals surface area contributed by atoms with Crippen molar-refractivity contribution in [2.24, 2.45) is 0 Å². The minimum absolute atomic E-state index is 0.140. The maximum absolute atomic E-state index is 12.1. The second kappa shape index (κ2) is 4.31. The molecular weight excluding hydrogens is 222 g/mol. The highest BCUT2D eigenvalue weighted by molar-refractivity contribution is 5.95. The van der Waals surface area contributed by atoms with Crippen LogP contribution < -0.4 is 5.73 Å². The van der Waals surface area contributed by atoms with Crippen LogP contribution in [0.4, 0.5) is 5.82 Å². The van der Waals surface area contributed by atoms with E-state index in [9.17, 15) is 15.0 Å². The molecule has 4 N–H and O–H groups in total. The Kier molecular flexibility index (Phi) is 2.99. The fraction of sp³-hybridized carbons (Fsp3) is 0.455. The zero-order valence-electron chi connectivity index (χ0n) is 9.50. The van der Waals surface area contributed by atoms with E-state index >= 15 is 0 Å². The molecule has 2 heterocycles. The highest BCUT2D eigenvalue weighted by atomic mass is 16.3. The van der Waals surface area contributed by atoms with Gasteiger partial charge in [-0.3, -0.25) is 4.79 Å². The first kappa shape index (κ1) is 11.8. The van der Waals surface area contributed by atoms with Crippen molar-refractivity contribution in [3.8, 4) is 0 Å². The monoisotopic (exact) mass is 237 g/mol. The van der Waals surface area contributed by atoms with Gasteiger partial charge in [-0.15, -0.1) is 0 Å². The van der Waals surface area contributed by atoms with E-state index in [1.54, 1.807) is 13.0 Å². The quantitative estimate of drug-likeness (QED) is 0.591. The van der Waals surface area contributed by atoms with Crippen LogP contribution in [0.5, 0.6) is 0 Å². The van der Waals surface area contributed by atoms with Gasteiger partial charge in [0.2, 0.25) is 0 Å². The molecule has 6 nitrogen and oxygen atoms in total. The maximum atomic E-state index is 12.1. The lowest BCUT2D eigenvalue weighted by Crippen LogP contribution is -2.30. The van der Waals surface area contributed by atoms with E-state index in [1.165, 1.54) is 11.0 Å². The highest BCUT2D eigenvalue weighted by Crippen LogP contribution is 2.16. The molecule has 2 rings (SSSR count). The van der Waals surface area contributed by atoms with E-state index in [1.807, 2.05) is 0 Å². The third kappa shape index (κ3) is 2.37. The molecule has 1 fully saturated rings. The molecule has 17 heavy (non-hydrogen) atoms. The number of aryl methyl sites for hydroxylation is 1. The third-order valence-electron chi connectivity index (χ3n) is 2.77. The molecule has 0 radical (unpaired) electrons. The molecule has 6 heteroatoms. The summed E-state index contributed by atoms with van der Waals surface area (Å²) in [6.07, 6.45) is -1.75. The molecule has 1 saturated heterocycles. The zero-order valence-corrected chi connectivity index (χ0v) is 9.50. The van der Waals surface area contributed by atoms with Crippen LogP contribution in [-0.4, -0.2) is 51.3 Å². The largest absolute Gasteiger partial charge is 0.388 e. The molecule has 0 aromatic carbocycles. The van der Waals surface area contributed by atoms with E-state index < -0.39 is 12.2 Å². The number of carbonyl (C=O) groups is 1. The predicted molar refractivity (Wildman–Crippen MR) is 61.3 cm³/mol. The number of pyridine rings is 1. The standard InChI is InChI=1S/C11H15N3O3/c1-6-2-7(3-10(12)13-6)11(17)14-4-8(15)9(16)5-14/h2-3,8-9,15-16H,4-5H2,1H3,(H2,12,13). The van der Waals surface area contributed by atoms with Crippen LogP contribution in [0.15, 0.2) is 12.1 Å². The Balaban J connectivity index is 2.20. The SMILES string of the molecule is Cc1cc(C(=O)N2CC(O)C(O)C2)cc(N)n1. The Morgan fingerprint density at radius 2 is 2.00 bits per heavy atom. The lowest BCUT2D eigenvalue weighted by molar-refractivity contribution is 0.0572. The van der Waals surface area contributed by atoms with Gasteiger partial charge in [0.15, 0.2) is 0 Å². The van der Waals surface area contributed by atoms with Gasteiger partial charge in [0.05, 0.1) is 12.2 Å². The summed E-state index contributed by atoms with van der Waals surface area (Å²) in [6, 6.07) is 3.13. The lowest BCUT2D eigenvalue weighted by atomic mass is 10.2. The summed E-state index contributed by atoms with van der Waals surface area (Å²) in [5.74, 6) is 0.0337. The van der Waals surface area contributed by atoms with Gasteiger partial charge in [-0.1, -0.05) is 0 Å². The fourth-order valence-corrected chi connectivity index (χ4v) is 1.94. The smallest absolute Gasteiger partial charge is 0.254 e. The average Bonchev–Trinajstić information content (AvgIpc) is 2.57. The van der Waals surface area contributed by atoms with Crippen LogP contribution in [-0.2, 0) is 0 Å². The molecule has 0 aliphatic carbocycles. The number of hydrogen-bond acceptors (Lipinski definition) is 5. The Morgan fingerprint density at radius 1 is 1.41 bits per heavy atom. The Morgan fingerprint density at radius 3 is 2.53 bits per heavy atom. The molecule has 2 atom stereocenters. The first-order valence-electron chi connectivity index (χ1n) is 5.37. The van der Waals surface area contributed by atoms with Gasteiger partial charge in [0.1, 0.15) is 5.82 Å². The number of anilines is 1. The number of nitrogens with zero attached hydrogens (tertiary/aromatic N) is 2. The summed E-state index contributed by atoms with van der Waals surface area (Å²) in [7, 11) is 0. The number of rotatable bonds is 1. The summed E-state index contributed by atoms with van der Waals surface area (Å²) in [5, 5.41) is 18.8. The molecule has 2 unspecified atom stereocenters. The Labute approximate surface area is 98.7 Å². The number of nitrogen functional groups attached to an aromatic ring is 1. The zero-order chi connectivity index (χ0) is 12.6. The van der Waals surface area contributed by atoms with Gasteiger partial charge in [0.25, 0.3) is 5.91 Å². The van der Waals surface area contributed by atoms with E-state index in [0.717, 1.165) is 0 Å². The minimum Gasteiger partial charge on any atom is -0.388 e. The second-order valence-electron chi connectivity index (χ2n) is 4.27. The minimum atomic E-state index is -0.876. The molecular formula is C11H15N3O3. The van der Waals surface area contributed by atoms with Gasteiger partial charge < -0.3 is 20.8 Å². The second-order valence-corrected chi connectivity index (χ2v) is 4.27. The van der Waals surface area contributed by atoms with E-state index in [4.69, 9.17) is 5.73 Å². The number of likely N-dealkylation sites (tertiary alicyclic amines) is 1. The maximum Gasteiger partial charge on any atom is 0.254 e. The van der Waals surface area contributed by atoms with Crippen LogP contribution in [0, 0.1) is 6.92 Å². The summed E-state index contributed by atoms with van der Waals surface area (Å²) >= 11 is 0. The average molecular weight is 237 g/mol. The van der Waals surface area contributed by atoms with Gasteiger partial charge >= 0.3 is 0 Å². The van der Waals surface area contributed by atoms with Gasteiger partial charge in [0, 0.05) is 24.3 Å². The number of β-amino-alcohol motifs (C(OH)–C–C–N with tert-alkyl or cyclic N) is 2. The molecule has 1 aromatic heterocycles. The van der Waals surface area contributed by atoms with Crippen molar-refractivity contribution in [1.82, 2.24) is 9.88 Å². The molecule has 0 spiro atoms. The van der Waals surface area contributed by atoms with Crippen molar-refractivity contribution in [1.29, 1.82) is 0 Å². The Bertz CT molecular complexity index is 419. The summed E-state index contributed by atoms with van der Waals surface area (Å²) in [4.78, 5) is 17.5. The molecule has 1 aliphatic rings. The number of nitrogens with two attached hydrogens (primary N) is 1. The molecule has 1 aliphatic heterocycles. The topological polar surface area (TPSA) is 99.7 Å². The molecule has 0 saturated carbocycles. The van der Waals surface area contributed by atoms with Crippen molar-refractivity contribution in [3.63, 3.8) is 0 Å². The molecule has 1 aromatic rings. The van der Waals surface area contributed by atoms with Gasteiger partial charge in [-0.25, -0.2) is 4.98 Å². The summed E-state index contributed by atoms with van der Waals surface area (Å²) in [6.45, 7) is 2.03. The number of amides is 1. The number of aliphatic hydroxyl groups is 2. The predicted octanol–water partition coefficient (Wildman–Crippen LogP) is -0.850. The van der Waals surface area contributed by atoms with Crippen LogP contribution in [0.25, 0.3) is 0 Å². The van der Waals surface area contributed by atoms with Crippen molar-refractivity contribution < 1.29 is 15.0 Å². The molecule has 0 bridgehead atoms. The van der Waals surface area contributed by atoms with Crippen LogP contribution in [0.3, 0.4) is 0 Å². The first-order chi connectivity index (χ1) is 7.97. The Hall–Kier alpha value is -1.66. The van der Waals surface area contributed by atoms with E-state index in [2.05, 4.69) is 4.98 Å². The normalized spacial score (nSPS) is 24.1. The number of carbonyl (C=O) groups excluding carboxylic acids is 1. The molecule has 92 valence electrons. The first-order valence-corrected chi connectivity index (χ1v) is 5.37. The van der Waals surface area contributed by atoms with Crippen LogP contribution >= 0.6 is 0 Å². The van der Waals surface area contributed by atoms with Gasteiger partial charge in [-0.05, 0) is 19.1 Å². The van der Waals surface area contributed by atoms with Crippen molar-refractivity contribution in [2.75, 3.05) is 18.8 Å². The van der Waals surface area contributed by atoms with E-state index in [0.29, 0.717) is 11.3 Å². The molecule has 1 amide bonds. The fourth-order valence-electron chi connectivity index (χ4n) is 1.94. The number of aliphatic hydroxyl groups excluding tert-OH is 2. The third-order valence-corrected chi connectivity index (χ3v) is 2.77. The van der Waals surface area contributed by atoms with Gasteiger partial charge in [-0.2, -0.15) is 0 Å². The number of hydrogen-bond donors (Lipinski definition) is 3. The van der Waals surface area contributed by atoms with Crippen LogP contribution in [0.2, 0.25) is 0 Å². The summed E-state index contributed by atoms with van der Waals surface area (Å²) in [5.41, 5.74) is 6.66.